The molecular weight excluding hydrogens is 556 g/mol. The number of carbonyl (C=O) groups is 1. The quantitative estimate of drug-likeness (QED) is 0.141. The first kappa shape index (κ1) is 29.9. The molecule has 0 unspecified atom stereocenters. The number of hydrazone groups is 1. The molecule has 0 aliphatic rings. The van der Waals surface area contributed by atoms with E-state index in [1.807, 2.05) is 26.0 Å². The van der Waals surface area contributed by atoms with Crippen LogP contribution in [0.5, 0.6) is 5.75 Å². The lowest BCUT2D eigenvalue weighted by molar-refractivity contribution is -0.384. The number of sulfonamides is 1. The van der Waals surface area contributed by atoms with Crippen LogP contribution in [0.3, 0.4) is 0 Å². The molecule has 0 bridgehead atoms. The molecule has 216 valence electrons. The first-order valence-electron chi connectivity index (χ1n) is 13.0. The molecule has 0 radical (unpaired) electrons. The highest BCUT2D eigenvalue weighted by atomic mass is 32.2. The monoisotopic (exact) mass is 586 g/mol. The van der Waals surface area contributed by atoms with E-state index in [-0.39, 0.29) is 17.2 Å². The molecule has 0 aliphatic heterocycles. The highest BCUT2D eigenvalue weighted by Crippen LogP contribution is 2.28. The number of rotatable bonds is 11. The fourth-order valence-electron chi connectivity index (χ4n) is 4.00. The minimum atomic E-state index is -4.04. The Balaban J connectivity index is 1.41. The van der Waals surface area contributed by atoms with E-state index < -0.39 is 27.4 Å². The fraction of sp³-hybridized carbons (Fsp3) is 0.161. The summed E-state index contributed by atoms with van der Waals surface area (Å²) < 4.78 is 34.1. The molecule has 4 aromatic rings. The van der Waals surface area contributed by atoms with E-state index in [1.54, 1.807) is 61.5 Å². The van der Waals surface area contributed by atoms with Crippen LogP contribution >= 0.6 is 0 Å². The Morgan fingerprint density at radius 2 is 1.57 bits per heavy atom. The van der Waals surface area contributed by atoms with Crippen molar-refractivity contribution < 1.29 is 22.9 Å². The summed E-state index contributed by atoms with van der Waals surface area (Å²) in [6, 6.07) is 25.0. The van der Waals surface area contributed by atoms with Gasteiger partial charge in [-0.3, -0.25) is 19.2 Å². The number of nitro groups is 1. The third kappa shape index (κ3) is 7.58. The summed E-state index contributed by atoms with van der Waals surface area (Å²) in [5, 5.41) is 14.8. The minimum Gasteiger partial charge on any atom is -0.489 e. The number of anilines is 1. The Hall–Kier alpha value is -5.03. The summed E-state index contributed by atoms with van der Waals surface area (Å²) >= 11 is 0. The first-order chi connectivity index (χ1) is 20.0. The van der Waals surface area contributed by atoms with Gasteiger partial charge < -0.3 is 4.74 Å². The van der Waals surface area contributed by atoms with Crippen molar-refractivity contribution in [3.05, 3.63) is 129 Å². The maximum atomic E-state index is 13.6. The Kier molecular flexibility index (Phi) is 9.33. The first-order valence-corrected chi connectivity index (χ1v) is 14.4. The number of aryl methyl sites for hydroxylation is 3. The number of non-ortho nitro benzene ring substituents is 1. The van der Waals surface area contributed by atoms with Crippen LogP contribution in [0.1, 0.15) is 27.8 Å². The molecule has 0 fully saturated rings. The van der Waals surface area contributed by atoms with Gasteiger partial charge in [-0.1, -0.05) is 29.8 Å². The molecule has 1 amide bonds. The molecule has 11 heteroatoms. The van der Waals surface area contributed by atoms with Crippen molar-refractivity contribution in [3.63, 3.8) is 0 Å². The molecule has 1 N–H and O–H groups in total. The second-order valence-electron chi connectivity index (χ2n) is 9.69. The van der Waals surface area contributed by atoms with Crippen molar-refractivity contribution >= 4 is 33.5 Å². The number of amides is 1. The summed E-state index contributed by atoms with van der Waals surface area (Å²) in [5.74, 6) is -0.0223. The van der Waals surface area contributed by atoms with Gasteiger partial charge in [0.05, 0.1) is 21.7 Å². The summed E-state index contributed by atoms with van der Waals surface area (Å²) in [4.78, 5) is 23.3. The van der Waals surface area contributed by atoms with Gasteiger partial charge in [0.15, 0.2) is 0 Å². The number of nitrogens with one attached hydrogen (secondary N) is 1. The zero-order chi connectivity index (χ0) is 30.3. The predicted molar refractivity (Wildman–Crippen MR) is 161 cm³/mol. The van der Waals surface area contributed by atoms with Crippen LogP contribution in [0.4, 0.5) is 11.4 Å². The smallest absolute Gasteiger partial charge is 0.269 e. The van der Waals surface area contributed by atoms with Crippen molar-refractivity contribution in [2.45, 2.75) is 32.3 Å². The van der Waals surface area contributed by atoms with Crippen molar-refractivity contribution in [2.24, 2.45) is 5.10 Å². The van der Waals surface area contributed by atoms with Crippen LogP contribution in [-0.2, 0) is 21.4 Å². The van der Waals surface area contributed by atoms with Gasteiger partial charge in [-0.25, -0.2) is 13.8 Å². The lowest BCUT2D eigenvalue weighted by Gasteiger charge is -2.25. The second-order valence-corrected chi connectivity index (χ2v) is 11.6. The zero-order valence-electron chi connectivity index (χ0n) is 23.4. The lowest BCUT2D eigenvalue weighted by Crippen LogP contribution is -2.40. The summed E-state index contributed by atoms with van der Waals surface area (Å²) in [6.45, 7) is 5.29. The largest absolute Gasteiger partial charge is 0.489 e. The maximum absolute atomic E-state index is 13.6. The van der Waals surface area contributed by atoms with Gasteiger partial charge in [-0.2, -0.15) is 5.10 Å². The molecule has 10 nitrogen and oxygen atoms in total. The van der Waals surface area contributed by atoms with Gasteiger partial charge in [-0.15, -0.1) is 0 Å². The van der Waals surface area contributed by atoms with Crippen molar-refractivity contribution in [3.8, 4) is 5.75 Å². The molecule has 42 heavy (non-hydrogen) atoms. The van der Waals surface area contributed by atoms with E-state index in [9.17, 15) is 23.3 Å². The van der Waals surface area contributed by atoms with Crippen LogP contribution in [0, 0.1) is 30.9 Å². The van der Waals surface area contributed by atoms with Gasteiger partial charge in [0.25, 0.3) is 21.6 Å². The third-order valence-electron chi connectivity index (χ3n) is 6.37. The molecule has 4 aromatic carbocycles. The van der Waals surface area contributed by atoms with Gasteiger partial charge in [0.1, 0.15) is 18.9 Å². The SMILES string of the molecule is Cc1ccc(S(=O)(=O)N(CC(=O)N/N=C/c2ccc(OCc3ccc([N+](=O)[O-])cc3)cc2)c2cc(C)ccc2C)cc1. The molecule has 4 rings (SSSR count). The van der Waals surface area contributed by atoms with E-state index in [1.165, 1.54) is 30.5 Å². The van der Waals surface area contributed by atoms with Crippen LogP contribution in [-0.4, -0.2) is 32.0 Å². The molecule has 0 aliphatic carbocycles. The number of ether oxygens (including phenoxy) is 1. The third-order valence-corrected chi connectivity index (χ3v) is 8.14. The van der Waals surface area contributed by atoms with E-state index in [0.717, 1.165) is 21.0 Å². The Morgan fingerprint density at radius 1 is 0.929 bits per heavy atom. The zero-order valence-corrected chi connectivity index (χ0v) is 24.2. The average Bonchev–Trinajstić information content (AvgIpc) is 2.97. The number of benzene rings is 4. The minimum absolute atomic E-state index is 0.0142. The van der Waals surface area contributed by atoms with E-state index in [0.29, 0.717) is 22.6 Å². The standard InChI is InChI=1S/C31H30N4O6S/c1-22-5-16-29(17-6-22)42(39,40)34(30-18-23(2)4-7-24(30)3)20-31(36)33-32-19-25-10-14-28(15-11-25)41-21-26-8-12-27(13-9-26)35(37)38/h4-19H,20-21H2,1-3H3,(H,33,36)/b32-19+. The van der Waals surface area contributed by atoms with E-state index in [2.05, 4.69) is 10.5 Å². The van der Waals surface area contributed by atoms with Gasteiger partial charge in [-0.05, 0) is 97.6 Å². The van der Waals surface area contributed by atoms with Gasteiger partial charge in [0.2, 0.25) is 0 Å². The molecule has 0 saturated carbocycles. The Labute approximate surface area is 244 Å². The number of hydrogen-bond acceptors (Lipinski definition) is 7. The van der Waals surface area contributed by atoms with E-state index in [4.69, 9.17) is 4.74 Å². The van der Waals surface area contributed by atoms with Crippen molar-refractivity contribution in [1.29, 1.82) is 0 Å². The Morgan fingerprint density at radius 3 is 2.21 bits per heavy atom. The van der Waals surface area contributed by atoms with Crippen LogP contribution < -0.4 is 14.5 Å². The Bertz CT molecular complexity index is 1700. The second kappa shape index (κ2) is 13.1. The maximum Gasteiger partial charge on any atom is 0.269 e. The predicted octanol–water partition coefficient (Wildman–Crippen LogP) is 5.44. The normalized spacial score (nSPS) is 11.3. The van der Waals surface area contributed by atoms with Gasteiger partial charge in [0, 0.05) is 12.1 Å². The van der Waals surface area contributed by atoms with Crippen molar-refractivity contribution in [2.75, 3.05) is 10.8 Å². The van der Waals surface area contributed by atoms with Crippen LogP contribution in [0.2, 0.25) is 0 Å². The molecule has 0 spiro atoms. The number of hydrogen-bond donors (Lipinski definition) is 1. The topological polar surface area (TPSA) is 131 Å². The summed E-state index contributed by atoms with van der Waals surface area (Å²) in [5.41, 5.74) is 6.80. The van der Waals surface area contributed by atoms with Gasteiger partial charge >= 0.3 is 0 Å². The number of nitrogens with zero attached hydrogens (tertiary/aromatic N) is 3. The van der Waals surface area contributed by atoms with Crippen LogP contribution in [0.15, 0.2) is 101 Å². The average molecular weight is 587 g/mol. The van der Waals surface area contributed by atoms with E-state index >= 15 is 0 Å². The fourth-order valence-corrected chi connectivity index (χ4v) is 5.48. The van der Waals surface area contributed by atoms with Crippen LogP contribution in [0.25, 0.3) is 0 Å². The lowest BCUT2D eigenvalue weighted by atomic mass is 10.1. The molecule has 0 aromatic heterocycles. The number of nitro benzene ring substituents is 1. The number of carbonyl (C=O) groups excluding carboxylic acids is 1. The summed E-state index contributed by atoms with van der Waals surface area (Å²) in [7, 11) is -4.04. The summed E-state index contributed by atoms with van der Waals surface area (Å²) in [6.07, 6.45) is 1.44. The molecular formula is C31H30N4O6S. The molecule has 0 atom stereocenters. The molecule has 0 saturated heterocycles. The highest BCUT2D eigenvalue weighted by molar-refractivity contribution is 7.92. The highest BCUT2D eigenvalue weighted by Gasteiger charge is 2.28. The molecule has 0 heterocycles. The van der Waals surface area contributed by atoms with Crippen molar-refractivity contribution in [1.82, 2.24) is 5.43 Å².